The highest BCUT2D eigenvalue weighted by Crippen LogP contribution is 2.27. The van der Waals surface area contributed by atoms with Gasteiger partial charge in [0, 0.05) is 24.7 Å². The van der Waals surface area contributed by atoms with Gasteiger partial charge in [-0.3, -0.25) is 4.79 Å². The van der Waals surface area contributed by atoms with Gasteiger partial charge >= 0.3 is 5.97 Å². The molecule has 1 amide bonds. The van der Waals surface area contributed by atoms with E-state index in [1.807, 2.05) is 32.0 Å². The maximum atomic E-state index is 12.8. The average Bonchev–Trinajstić information content (AvgIpc) is 3.23. The largest absolute Gasteiger partial charge is 0.460 e. The number of amides is 1. The van der Waals surface area contributed by atoms with Crippen LogP contribution in [0.4, 0.5) is 5.69 Å². The Kier molecular flexibility index (Phi) is 6.62. The molecule has 30 heavy (non-hydrogen) atoms. The van der Waals surface area contributed by atoms with Crippen molar-refractivity contribution in [2.24, 2.45) is 5.92 Å². The number of aryl methyl sites for hydroxylation is 1. The van der Waals surface area contributed by atoms with Crippen molar-refractivity contribution in [3.05, 3.63) is 47.2 Å². The van der Waals surface area contributed by atoms with E-state index in [2.05, 4.69) is 5.32 Å². The number of benzene rings is 1. The number of nitrogens with zero attached hydrogens (tertiary/aromatic N) is 1. The van der Waals surface area contributed by atoms with Gasteiger partial charge in [-0.25, -0.2) is 13.2 Å². The smallest absolute Gasteiger partial charge is 0.374 e. The van der Waals surface area contributed by atoms with Gasteiger partial charge in [0.1, 0.15) is 0 Å². The molecule has 1 aliphatic rings. The van der Waals surface area contributed by atoms with Crippen molar-refractivity contribution in [3.8, 4) is 0 Å². The van der Waals surface area contributed by atoms with Crippen LogP contribution < -0.4 is 5.32 Å². The van der Waals surface area contributed by atoms with E-state index in [1.54, 1.807) is 6.92 Å². The van der Waals surface area contributed by atoms with Gasteiger partial charge in [0.2, 0.25) is 16.8 Å². The summed E-state index contributed by atoms with van der Waals surface area (Å²) in [5, 5.41) is 2.65. The molecule has 162 valence electrons. The van der Waals surface area contributed by atoms with Crippen LogP contribution >= 0.6 is 0 Å². The molecule has 1 aliphatic heterocycles. The standard InChI is InChI=1S/C21H26N2O6S/c1-4-28-21(25)18-8-9-19(29-18)30(26,27)23-12-10-16(11-13-23)20(24)22-17-7-5-6-14(2)15(17)3/h5-9,16H,4,10-13H2,1-3H3,(H,22,24). The Hall–Kier alpha value is -2.65. The Morgan fingerprint density at radius 2 is 1.87 bits per heavy atom. The fourth-order valence-electron chi connectivity index (χ4n) is 3.38. The molecule has 1 aromatic heterocycles. The molecule has 0 radical (unpaired) electrons. The number of furan rings is 1. The molecule has 1 fully saturated rings. The van der Waals surface area contributed by atoms with Crippen LogP contribution in [0.25, 0.3) is 0 Å². The number of anilines is 1. The first-order valence-corrected chi connectivity index (χ1v) is 11.3. The lowest BCUT2D eigenvalue weighted by Gasteiger charge is -2.30. The van der Waals surface area contributed by atoms with Crippen molar-refractivity contribution in [1.29, 1.82) is 0 Å². The molecular weight excluding hydrogens is 408 g/mol. The Balaban J connectivity index is 1.62. The number of piperidine rings is 1. The zero-order valence-electron chi connectivity index (χ0n) is 17.3. The van der Waals surface area contributed by atoms with Crippen molar-refractivity contribution < 1.29 is 27.2 Å². The summed E-state index contributed by atoms with van der Waals surface area (Å²) >= 11 is 0. The fourth-order valence-corrected chi connectivity index (χ4v) is 4.76. The lowest BCUT2D eigenvalue weighted by atomic mass is 9.97. The number of carbonyl (C=O) groups is 2. The zero-order chi connectivity index (χ0) is 21.9. The highest BCUT2D eigenvalue weighted by molar-refractivity contribution is 7.89. The number of hydrogen-bond donors (Lipinski definition) is 1. The Labute approximate surface area is 176 Å². The molecule has 0 bridgehead atoms. The quantitative estimate of drug-likeness (QED) is 0.700. The third-order valence-electron chi connectivity index (χ3n) is 5.34. The number of carbonyl (C=O) groups excluding carboxylic acids is 2. The van der Waals surface area contributed by atoms with Gasteiger partial charge in [-0.05, 0) is 62.9 Å². The first-order chi connectivity index (χ1) is 14.2. The molecule has 1 aromatic carbocycles. The number of ether oxygens (including phenoxy) is 1. The van der Waals surface area contributed by atoms with Gasteiger partial charge in [-0.15, -0.1) is 0 Å². The van der Waals surface area contributed by atoms with E-state index < -0.39 is 16.0 Å². The van der Waals surface area contributed by atoms with Gasteiger partial charge in [0.15, 0.2) is 0 Å². The van der Waals surface area contributed by atoms with E-state index >= 15 is 0 Å². The van der Waals surface area contributed by atoms with Crippen molar-refractivity contribution >= 4 is 27.6 Å². The lowest BCUT2D eigenvalue weighted by Crippen LogP contribution is -2.41. The minimum atomic E-state index is -3.88. The maximum absolute atomic E-state index is 12.8. The highest BCUT2D eigenvalue weighted by Gasteiger charge is 2.34. The second-order valence-electron chi connectivity index (χ2n) is 7.25. The van der Waals surface area contributed by atoms with E-state index in [9.17, 15) is 18.0 Å². The average molecular weight is 435 g/mol. The van der Waals surface area contributed by atoms with E-state index in [1.165, 1.54) is 16.4 Å². The van der Waals surface area contributed by atoms with Crippen LogP contribution in [0.1, 0.15) is 41.4 Å². The normalized spacial score (nSPS) is 15.7. The predicted molar refractivity (Wildman–Crippen MR) is 111 cm³/mol. The molecule has 0 atom stereocenters. The van der Waals surface area contributed by atoms with Gasteiger partial charge in [-0.1, -0.05) is 12.1 Å². The zero-order valence-corrected chi connectivity index (χ0v) is 18.1. The molecule has 9 heteroatoms. The van der Waals surface area contributed by atoms with Crippen LogP contribution in [-0.2, 0) is 19.6 Å². The molecule has 2 aromatic rings. The number of hydrogen-bond acceptors (Lipinski definition) is 6. The van der Waals surface area contributed by atoms with E-state index in [0.717, 1.165) is 16.8 Å². The number of rotatable bonds is 6. The monoisotopic (exact) mass is 434 g/mol. The van der Waals surface area contributed by atoms with E-state index in [-0.39, 0.29) is 42.4 Å². The SMILES string of the molecule is CCOC(=O)c1ccc(S(=O)(=O)N2CCC(C(=O)Nc3cccc(C)c3C)CC2)o1. The summed E-state index contributed by atoms with van der Waals surface area (Å²) in [6.07, 6.45) is 0.808. The molecule has 2 heterocycles. The first kappa shape index (κ1) is 22.0. The summed E-state index contributed by atoms with van der Waals surface area (Å²) in [6, 6.07) is 8.27. The third kappa shape index (κ3) is 4.57. The number of nitrogens with one attached hydrogen (secondary N) is 1. The maximum Gasteiger partial charge on any atom is 0.374 e. The molecule has 0 saturated carbocycles. The second kappa shape index (κ2) is 9.01. The third-order valence-corrected chi connectivity index (χ3v) is 7.11. The Morgan fingerprint density at radius 3 is 2.53 bits per heavy atom. The molecule has 3 rings (SSSR count). The van der Waals surface area contributed by atoms with Gasteiger partial charge in [0.25, 0.3) is 10.0 Å². The second-order valence-corrected chi connectivity index (χ2v) is 9.12. The summed E-state index contributed by atoms with van der Waals surface area (Å²) in [6.45, 7) is 6.15. The first-order valence-electron chi connectivity index (χ1n) is 9.88. The molecule has 8 nitrogen and oxygen atoms in total. The van der Waals surface area contributed by atoms with Crippen molar-refractivity contribution in [2.45, 2.75) is 38.7 Å². The van der Waals surface area contributed by atoms with Crippen molar-refractivity contribution in [3.63, 3.8) is 0 Å². The number of sulfonamides is 1. The Bertz CT molecular complexity index is 1040. The van der Waals surface area contributed by atoms with Gasteiger partial charge in [0.05, 0.1) is 6.61 Å². The van der Waals surface area contributed by atoms with E-state index in [0.29, 0.717) is 12.8 Å². The van der Waals surface area contributed by atoms with Crippen LogP contribution in [-0.4, -0.2) is 44.3 Å². The highest BCUT2D eigenvalue weighted by atomic mass is 32.2. The van der Waals surface area contributed by atoms with E-state index in [4.69, 9.17) is 9.15 Å². The molecule has 0 spiro atoms. The Morgan fingerprint density at radius 1 is 1.17 bits per heavy atom. The molecule has 0 unspecified atom stereocenters. The van der Waals surface area contributed by atoms with Crippen LogP contribution in [0.2, 0.25) is 0 Å². The van der Waals surface area contributed by atoms with Crippen LogP contribution in [0.15, 0.2) is 39.8 Å². The molecular formula is C21H26N2O6S. The fraction of sp³-hybridized carbons (Fsp3) is 0.429. The van der Waals surface area contributed by atoms with Crippen LogP contribution in [0, 0.1) is 19.8 Å². The topological polar surface area (TPSA) is 106 Å². The summed E-state index contributed by atoms with van der Waals surface area (Å²) in [4.78, 5) is 24.4. The van der Waals surface area contributed by atoms with Crippen molar-refractivity contribution in [1.82, 2.24) is 4.31 Å². The van der Waals surface area contributed by atoms with Crippen LogP contribution in [0.3, 0.4) is 0 Å². The molecule has 1 N–H and O–H groups in total. The lowest BCUT2D eigenvalue weighted by molar-refractivity contribution is -0.120. The minimum absolute atomic E-state index is 0.108. The predicted octanol–water partition coefficient (Wildman–Crippen LogP) is 3.11. The summed E-state index contributed by atoms with van der Waals surface area (Å²) in [5.74, 6) is -1.25. The van der Waals surface area contributed by atoms with Crippen LogP contribution in [0.5, 0.6) is 0 Å². The van der Waals surface area contributed by atoms with Gasteiger partial charge < -0.3 is 14.5 Å². The van der Waals surface area contributed by atoms with Gasteiger partial charge in [-0.2, -0.15) is 4.31 Å². The minimum Gasteiger partial charge on any atom is -0.460 e. The number of esters is 1. The van der Waals surface area contributed by atoms with Crippen molar-refractivity contribution in [2.75, 3.05) is 25.0 Å². The summed E-state index contributed by atoms with van der Waals surface area (Å²) in [5.41, 5.74) is 2.88. The molecule has 0 aliphatic carbocycles. The molecule has 1 saturated heterocycles. The summed E-state index contributed by atoms with van der Waals surface area (Å²) in [7, 11) is -3.88. The summed E-state index contributed by atoms with van der Waals surface area (Å²) < 4.78 is 36.9.